The van der Waals surface area contributed by atoms with E-state index in [-0.39, 0.29) is 30.0 Å². The Bertz CT molecular complexity index is 1490. The van der Waals surface area contributed by atoms with Gasteiger partial charge in [-0.1, -0.05) is 50.5 Å². The molecular weight excluding hydrogens is 574 g/mol. The molecule has 2 aromatic carbocycles. The van der Waals surface area contributed by atoms with Gasteiger partial charge in [0.1, 0.15) is 5.75 Å². The van der Waals surface area contributed by atoms with Gasteiger partial charge in [-0.15, -0.1) is 0 Å². The monoisotopic (exact) mass is 620 g/mol. The van der Waals surface area contributed by atoms with Crippen LogP contribution in [0, 0.1) is 5.92 Å². The number of benzene rings is 2. The molecule has 45 heavy (non-hydrogen) atoms. The standard InChI is InChI=1S/C36H46F2N4O3/c1-7-28(22-39-4)42(8-2)35(44)27-20-31-25(15-12-16-33(31)45-36(3,37)38)19-30(24-13-10-9-11-14-24)29-18-17-26(34(43)40-5)21-32(29)41(6)23-27/h12,15-22,24,39H,7-11,13-14,23H2,1-6H3,(H,40,43)/b27-20+,28-22+,30-19+. The number of ether oxygens (including phenoxy) is 1. The lowest BCUT2D eigenvalue weighted by Crippen LogP contribution is -2.36. The highest BCUT2D eigenvalue weighted by Crippen LogP contribution is 2.43. The molecule has 2 aliphatic rings. The zero-order chi connectivity index (χ0) is 32.7. The van der Waals surface area contributed by atoms with Crippen LogP contribution < -0.4 is 20.3 Å². The molecule has 2 aromatic rings. The first-order valence-corrected chi connectivity index (χ1v) is 15.9. The molecule has 1 heterocycles. The number of nitrogens with one attached hydrogen (secondary N) is 2. The number of alkyl halides is 2. The molecule has 7 nitrogen and oxygen atoms in total. The lowest BCUT2D eigenvalue weighted by molar-refractivity contribution is -0.159. The summed E-state index contributed by atoms with van der Waals surface area (Å²) < 4.78 is 33.9. The van der Waals surface area contributed by atoms with Gasteiger partial charge in [-0.2, -0.15) is 8.78 Å². The van der Waals surface area contributed by atoms with E-state index in [1.54, 1.807) is 37.3 Å². The molecule has 0 spiro atoms. The summed E-state index contributed by atoms with van der Waals surface area (Å²) in [5, 5.41) is 5.74. The quantitative estimate of drug-likeness (QED) is 0.308. The molecule has 0 unspecified atom stereocenters. The van der Waals surface area contributed by atoms with Gasteiger partial charge in [-0.25, -0.2) is 0 Å². The first-order chi connectivity index (χ1) is 21.5. The van der Waals surface area contributed by atoms with Crippen LogP contribution >= 0.6 is 0 Å². The Labute approximate surface area is 266 Å². The minimum Gasteiger partial charge on any atom is -0.432 e. The van der Waals surface area contributed by atoms with Crippen LogP contribution in [0.5, 0.6) is 5.75 Å². The van der Waals surface area contributed by atoms with Gasteiger partial charge in [0.2, 0.25) is 0 Å². The normalized spacial score (nSPS) is 18.4. The zero-order valence-corrected chi connectivity index (χ0v) is 27.3. The molecule has 0 radical (unpaired) electrons. The first kappa shape index (κ1) is 33.7. The number of rotatable bonds is 9. The van der Waals surface area contributed by atoms with Crippen molar-refractivity contribution < 1.29 is 23.1 Å². The van der Waals surface area contributed by atoms with Crippen LogP contribution in [0.15, 0.2) is 53.9 Å². The summed E-state index contributed by atoms with van der Waals surface area (Å²) in [5.74, 6) is -0.182. The van der Waals surface area contributed by atoms with Gasteiger partial charge < -0.3 is 25.2 Å². The average Bonchev–Trinajstić information content (AvgIpc) is 3.03. The maximum Gasteiger partial charge on any atom is 0.394 e. The number of amides is 2. The number of hydrogen-bond donors (Lipinski definition) is 2. The Morgan fingerprint density at radius 3 is 2.44 bits per heavy atom. The molecule has 242 valence electrons. The minimum absolute atomic E-state index is 0.00693. The molecule has 2 N–H and O–H groups in total. The van der Waals surface area contributed by atoms with E-state index in [4.69, 9.17) is 4.74 Å². The van der Waals surface area contributed by atoms with Gasteiger partial charge in [-0.05, 0) is 67.5 Å². The van der Waals surface area contributed by atoms with Crippen molar-refractivity contribution in [3.63, 3.8) is 0 Å². The molecule has 1 aliphatic heterocycles. The minimum atomic E-state index is -3.42. The predicted octanol–water partition coefficient (Wildman–Crippen LogP) is 7.31. The summed E-state index contributed by atoms with van der Waals surface area (Å²) in [6.45, 7) is 5.19. The SMILES string of the molecule is CC/C(=C\NC)N(CC)C(=O)/C1=C/c2c(cccc2OC(C)(F)F)/C=C(\C2CCCCC2)c2ccc(C(=O)NC)cc2N(C)C1. The third kappa shape index (κ3) is 7.93. The molecule has 1 fully saturated rings. The first-order valence-electron chi connectivity index (χ1n) is 15.9. The Morgan fingerprint density at radius 2 is 1.82 bits per heavy atom. The van der Waals surface area contributed by atoms with Crippen molar-refractivity contribution in [2.75, 3.05) is 39.1 Å². The molecule has 1 saturated carbocycles. The van der Waals surface area contributed by atoms with E-state index in [9.17, 15) is 18.4 Å². The van der Waals surface area contributed by atoms with Crippen molar-refractivity contribution in [1.29, 1.82) is 0 Å². The summed E-state index contributed by atoms with van der Waals surface area (Å²) in [5.41, 5.74) is 5.72. The second-order valence-corrected chi connectivity index (χ2v) is 11.8. The topological polar surface area (TPSA) is 73.9 Å². The van der Waals surface area contributed by atoms with Crippen molar-refractivity contribution in [2.24, 2.45) is 5.92 Å². The molecule has 1 aliphatic carbocycles. The fourth-order valence-electron chi connectivity index (χ4n) is 6.38. The van der Waals surface area contributed by atoms with Gasteiger partial charge in [0.05, 0.1) is 0 Å². The van der Waals surface area contributed by atoms with E-state index in [1.807, 2.05) is 50.1 Å². The van der Waals surface area contributed by atoms with Crippen molar-refractivity contribution >= 4 is 35.2 Å². The Hall–Kier alpha value is -4.14. The number of anilines is 1. The number of likely N-dealkylation sites (N-methyl/N-ethyl adjacent to an activating group) is 2. The van der Waals surface area contributed by atoms with E-state index >= 15 is 0 Å². The zero-order valence-electron chi connectivity index (χ0n) is 27.3. The summed E-state index contributed by atoms with van der Waals surface area (Å²) >= 11 is 0. The smallest absolute Gasteiger partial charge is 0.394 e. The lowest BCUT2D eigenvalue weighted by Gasteiger charge is -2.32. The number of halogens is 2. The number of carbonyl (C=O) groups is 2. The number of allylic oxidation sites excluding steroid dienone is 2. The maximum absolute atomic E-state index is 14.4. The van der Waals surface area contributed by atoms with Gasteiger partial charge >= 0.3 is 6.11 Å². The molecule has 2 amide bonds. The summed E-state index contributed by atoms with van der Waals surface area (Å²) in [6.07, 6.45) is 8.17. The number of nitrogens with zero attached hydrogens (tertiary/aromatic N) is 2. The van der Waals surface area contributed by atoms with Gasteiger partial charge in [0, 0.05) is 81.0 Å². The summed E-state index contributed by atoms with van der Waals surface area (Å²) in [4.78, 5) is 30.8. The Morgan fingerprint density at radius 1 is 1.09 bits per heavy atom. The second-order valence-electron chi connectivity index (χ2n) is 11.8. The number of hydrogen-bond acceptors (Lipinski definition) is 5. The molecule has 0 saturated heterocycles. The highest BCUT2D eigenvalue weighted by atomic mass is 19.3. The Kier molecular flexibility index (Phi) is 11.1. The third-order valence-corrected chi connectivity index (χ3v) is 8.54. The van der Waals surface area contributed by atoms with Gasteiger partial charge in [0.25, 0.3) is 11.8 Å². The third-order valence-electron chi connectivity index (χ3n) is 8.54. The van der Waals surface area contributed by atoms with E-state index in [2.05, 4.69) is 16.7 Å². The molecular formula is C36H46F2N4O3. The lowest BCUT2D eigenvalue weighted by atomic mass is 9.79. The van der Waals surface area contributed by atoms with Crippen LogP contribution in [0.25, 0.3) is 17.7 Å². The van der Waals surface area contributed by atoms with Crippen molar-refractivity contribution in [1.82, 2.24) is 15.5 Å². The fourth-order valence-corrected chi connectivity index (χ4v) is 6.38. The second kappa shape index (κ2) is 14.8. The highest BCUT2D eigenvalue weighted by Gasteiger charge is 2.30. The largest absolute Gasteiger partial charge is 0.432 e. The van der Waals surface area contributed by atoms with Crippen LogP contribution in [0.1, 0.15) is 86.3 Å². The van der Waals surface area contributed by atoms with Crippen molar-refractivity contribution in [3.05, 3.63) is 76.1 Å². The van der Waals surface area contributed by atoms with Crippen LogP contribution in [-0.4, -0.2) is 57.1 Å². The maximum atomic E-state index is 14.4. The molecule has 4 rings (SSSR count). The van der Waals surface area contributed by atoms with E-state index in [0.29, 0.717) is 42.2 Å². The summed E-state index contributed by atoms with van der Waals surface area (Å²) in [7, 11) is 5.29. The van der Waals surface area contributed by atoms with Crippen LogP contribution in [0.4, 0.5) is 14.5 Å². The van der Waals surface area contributed by atoms with E-state index in [0.717, 1.165) is 48.2 Å². The van der Waals surface area contributed by atoms with Crippen molar-refractivity contribution in [2.45, 2.75) is 65.4 Å². The van der Waals surface area contributed by atoms with Gasteiger partial charge in [0.15, 0.2) is 0 Å². The molecule has 0 bridgehead atoms. The van der Waals surface area contributed by atoms with Gasteiger partial charge in [-0.3, -0.25) is 9.59 Å². The predicted molar refractivity (Wildman–Crippen MR) is 178 cm³/mol. The number of carbonyl (C=O) groups excluding carboxylic acids is 2. The molecule has 9 heteroatoms. The number of fused-ring (bicyclic) bond motifs is 2. The van der Waals surface area contributed by atoms with Crippen LogP contribution in [-0.2, 0) is 4.79 Å². The summed E-state index contributed by atoms with van der Waals surface area (Å²) in [6, 6.07) is 10.8. The van der Waals surface area contributed by atoms with E-state index < -0.39 is 6.11 Å². The van der Waals surface area contributed by atoms with Crippen LogP contribution in [0.3, 0.4) is 0 Å². The molecule has 0 atom stereocenters. The fraction of sp³-hybridized carbons (Fsp3) is 0.444. The van der Waals surface area contributed by atoms with Crippen LogP contribution in [0.2, 0.25) is 0 Å². The highest BCUT2D eigenvalue weighted by molar-refractivity contribution is 6.03. The average molecular weight is 621 g/mol. The van der Waals surface area contributed by atoms with E-state index in [1.165, 1.54) is 12.5 Å². The Balaban J connectivity index is 2.04. The van der Waals surface area contributed by atoms with Crippen molar-refractivity contribution in [3.8, 4) is 5.75 Å². The molecule has 0 aromatic heterocycles.